The van der Waals surface area contributed by atoms with E-state index >= 15 is 0 Å². The van der Waals surface area contributed by atoms with Crippen molar-refractivity contribution in [3.8, 4) is 22.1 Å². The topological polar surface area (TPSA) is 124 Å². The summed E-state index contributed by atoms with van der Waals surface area (Å²) in [5.74, 6) is 0.0451. The van der Waals surface area contributed by atoms with E-state index in [4.69, 9.17) is 31.5 Å². The number of aliphatic hydroxyl groups is 1. The number of carbonyl (C=O) groups is 2. The fourth-order valence-electron chi connectivity index (χ4n) is 3.46. The molecule has 1 aliphatic rings. The number of aromatic nitrogens is 1. The van der Waals surface area contributed by atoms with Gasteiger partial charge in [-0.05, 0) is 42.8 Å². The lowest BCUT2D eigenvalue weighted by Gasteiger charge is -2.24. The average molecular weight is 554 g/mol. The van der Waals surface area contributed by atoms with Crippen LogP contribution in [0.4, 0.5) is 5.69 Å². The highest BCUT2D eigenvalue weighted by molar-refractivity contribution is 7.17. The van der Waals surface area contributed by atoms with Crippen molar-refractivity contribution >= 4 is 52.9 Å². The van der Waals surface area contributed by atoms with E-state index in [1.807, 2.05) is 12.1 Å². The molecule has 1 aromatic carbocycles. The molecular weight excluding hydrogens is 529 g/mol. The summed E-state index contributed by atoms with van der Waals surface area (Å²) in [5, 5.41) is 10.9. The van der Waals surface area contributed by atoms with Crippen LogP contribution < -0.4 is 20.1 Å². The van der Waals surface area contributed by atoms with Crippen molar-refractivity contribution in [2.45, 2.75) is 19.1 Å². The van der Waals surface area contributed by atoms with Crippen LogP contribution in [0.3, 0.4) is 0 Å². The zero-order chi connectivity index (χ0) is 25.2. The fraction of sp³-hybridized carbons (Fsp3) is 0.292. The number of esters is 1. The van der Waals surface area contributed by atoms with Gasteiger partial charge in [-0.1, -0.05) is 11.6 Å². The van der Waals surface area contributed by atoms with Gasteiger partial charge >= 0.3 is 5.97 Å². The van der Waals surface area contributed by atoms with Gasteiger partial charge in [0.2, 0.25) is 0 Å². The van der Waals surface area contributed by atoms with Gasteiger partial charge in [-0.3, -0.25) is 14.6 Å². The highest BCUT2D eigenvalue weighted by atomic mass is 35.5. The molecule has 0 spiro atoms. The Hall–Kier alpha value is -2.89. The molecular formula is C24H25Cl2N3O6S. The molecule has 36 heavy (non-hydrogen) atoms. The van der Waals surface area contributed by atoms with E-state index in [2.05, 4.69) is 4.98 Å². The molecule has 3 aromatic rings. The van der Waals surface area contributed by atoms with E-state index in [1.54, 1.807) is 35.4 Å². The van der Waals surface area contributed by atoms with Gasteiger partial charge in [0.15, 0.2) is 11.5 Å². The minimum Gasteiger partial charge on any atom is -0.493 e. The van der Waals surface area contributed by atoms with Crippen LogP contribution in [-0.4, -0.2) is 54.4 Å². The first-order valence-corrected chi connectivity index (χ1v) is 11.9. The third kappa shape index (κ3) is 6.08. The summed E-state index contributed by atoms with van der Waals surface area (Å²) >= 11 is 7.31. The van der Waals surface area contributed by atoms with Gasteiger partial charge in [0.05, 0.1) is 40.7 Å². The van der Waals surface area contributed by atoms with Crippen molar-refractivity contribution in [1.82, 2.24) is 4.98 Å². The quantitative estimate of drug-likeness (QED) is 0.384. The second-order valence-electron chi connectivity index (χ2n) is 8.20. The number of anilines is 1. The molecule has 3 N–H and O–H groups in total. The van der Waals surface area contributed by atoms with Gasteiger partial charge in [-0.25, -0.2) is 0 Å². The van der Waals surface area contributed by atoms with Crippen LogP contribution in [0.5, 0.6) is 11.5 Å². The van der Waals surface area contributed by atoms with Crippen LogP contribution in [-0.2, 0) is 16.1 Å². The summed E-state index contributed by atoms with van der Waals surface area (Å²) in [4.78, 5) is 31.9. The summed E-state index contributed by atoms with van der Waals surface area (Å²) in [5.41, 5.74) is 6.12. The number of thiophene rings is 1. The van der Waals surface area contributed by atoms with Gasteiger partial charge in [0.25, 0.3) is 5.91 Å². The zero-order valence-electron chi connectivity index (χ0n) is 19.5. The lowest BCUT2D eigenvalue weighted by Crippen LogP contribution is -2.39. The third-order valence-electron chi connectivity index (χ3n) is 5.26. The van der Waals surface area contributed by atoms with Crippen molar-refractivity contribution in [2.24, 2.45) is 5.73 Å². The molecule has 2 aromatic heterocycles. The van der Waals surface area contributed by atoms with Crippen LogP contribution in [0.25, 0.3) is 10.6 Å². The summed E-state index contributed by atoms with van der Waals surface area (Å²) in [7, 11) is 1.49. The lowest BCUT2D eigenvalue weighted by molar-refractivity contribution is -0.150. The minimum atomic E-state index is -1.43. The number of benzene rings is 1. The van der Waals surface area contributed by atoms with Crippen LogP contribution in [0.15, 0.2) is 42.6 Å². The third-order valence-corrected chi connectivity index (χ3v) is 6.68. The molecule has 1 unspecified atom stereocenters. The Bertz CT molecular complexity index is 1250. The van der Waals surface area contributed by atoms with Crippen molar-refractivity contribution in [3.05, 3.63) is 58.1 Å². The van der Waals surface area contributed by atoms with E-state index < -0.39 is 11.6 Å². The Labute approximate surface area is 223 Å². The number of nitrogens with zero attached hydrogens (tertiary/aromatic N) is 2. The number of rotatable bonds is 9. The van der Waals surface area contributed by atoms with Crippen LogP contribution >= 0.6 is 35.3 Å². The van der Waals surface area contributed by atoms with Crippen molar-refractivity contribution < 1.29 is 28.9 Å². The Morgan fingerprint density at radius 3 is 2.67 bits per heavy atom. The number of carbonyl (C=O) groups excluding carboxylic acids is 2. The number of ether oxygens (including phenoxy) is 3. The van der Waals surface area contributed by atoms with Crippen molar-refractivity contribution in [1.29, 1.82) is 0 Å². The monoisotopic (exact) mass is 553 g/mol. The fourth-order valence-corrected chi connectivity index (χ4v) is 4.67. The predicted molar refractivity (Wildman–Crippen MR) is 139 cm³/mol. The smallest absolute Gasteiger partial charge is 0.319 e. The number of hydrogen-bond acceptors (Lipinski definition) is 9. The number of hydrogen-bond donors (Lipinski definition) is 2. The SMILES string of the molecule is COc1cc(N2Cc3cc(-c4ccc(Cl)cn4)sc3C2=O)ccc1OCC(C)(O)COC(=O)CN.Cl. The Morgan fingerprint density at radius 2 is 2.03 bits per heavy atom. The van der Waals surface area contributed by atoms with Crippen LogP contribution in [0.2, 0.25) is 5.02 Å². The second-order valence-corrected chi connectivity index (χ2v) is 9.69. The molecule has 0 bridgehead atoms. The molecule has 1 atom stereocenters. The number of fused-ring (bicyclic) bond motifs is 1. The second kappa shape index (κ2) is 11.4. The Balaban J connectivity index is 0.00000361. The summed E-state index contributed by atoms with van der Waals surface area (Å²) in [6.07, 6.45) is 1.58. The highest BCUT2D eigenvalue weighted by Crippen LogP contribution is 2.40. The van der Waals surface area contributed by atoms with Gasteiger partial charge in [0.1, 0.15) is 18.8 Å². The van der Waals surface area contributed by atoms with Crippen molar-refractivity contribution in [2.75, 3.05) is 31.8 Å². The van der Waals surface area contributed by atoms with Gasteiger partial charge in [-0.2, -0.15) is 0 Å². The van der Waals surface area contributed by atoms with E-state index in [-0.39, 0.29) is 38.1 Å². The van der Waals surface area contributed by atoms with Crippen molar-refractivity contribution in [3.63, 3.8) is 0 Å². The molecule has 3 heterocycles. The largest absolute Gasteiger partial charge is 0.493 e. The zero-order valence-corrected chi connectivity index (χ0v) is 21.9. The standard InChI is InChI=1S/C24H24ClN3O6S.ClH/c1-24(31,13-34-21(29)9-26)12-33-18-6-4-16(8-19(18)32-2)28-11-14-7-20(35-22(14)23(28)30)17-5-3-15(25)10-27-17;/h3-8,10,31H,9,11-13,26H2,1-2H3;1H. The van der Waals surface area contributed by atoms with Gasteiger partial charge in [0, 0.05) is 18.0 Å². The molecule has 0 saturated carbocycles. The minimum absolute atomic E-state index is 0. The summed E-state index contributed by atoms with van der Waals surface area (Å²) in [6.45, 7) is 1.21. The molecule has 0 fully saturated rings. The summed E-state index contributed by atoms with van der Waals surface area (Å²) < 4.78 is 16.0. The average Bonchev–Trinajstić information content (AvgIpc) is 3.41. The molecule has 192 valence electrons. The number of nitrogens with two attached hydrogens (primary N) is 1. The molecule has 9 nitrogen and oxygen atoms in total. The van der Waals surface area contributed by atoms with E-state index in [0.717, 1.165) is 16.1 Å². The first-order valence-electron chi connectivity index (χ1n) is 10.7. The number of pyridine rings is 1. The summed E-state index contributed by atoms with van der Waals surface area (Å²) in [6, 6.07) is 10.7. The van der Waals surface area contributed by atoms with E-state index in [0.29, 0.717) is 33.6 Å². The first kappa shape index (κ1) is 27.7. The molecule has 0 aliphatic carbocycles. The Kier molecular flexibility index (Phi) is 8.80. The van der Waals surface area contributed by atoms with Crippen LogP contribution in [0.1, 0.15) is 22.2 Å². The maximum atomic E-state index is 13.1. The maximum absolute atomic E-state index is 13.1. The maximum Gasteiger partial charge on any atom is 0.319 e. The molecule has 12 heteroatoms. The van der Waals surface area contributed by atoms with E-state index in [1.165, 1.54) is 25.4 Å². The number of methoxy groups -OCH3 is 1. The predicted octanol–water partition coefficient (Wildman–Crippen LogP) is 3.69. The van der Waals surface area contributed by atoms with Gasteiger partial charge in [-0.15, -0.1) is 23.7 Å². The lowest BCUT2D eigenvalue weighted by atomic mass is 10.1. The normalized spacial score (nSPS) is 14.0. The van der Waals surface area contributed by atoms with E-state index in [9.17, 15) is 14.7 Å². The Morgan fingerprint density at radius 1 is 1.25 bits per heavy atom. The molecule has 4 rings (SSSR count). The molecule has 1 aliphatic heterocycles. The molecule has 0 radical (unpaired) electrons. The number of halogens is 2. The van der Waals surface area contributed by atoms with Gasteiger partial charge < -0.3 is 30.0 Å². The molecule has 1 amide bonds. The molecule has 0 saturated heterocycles. The number of amides is 1. The first-order chi connectivity index (χ1) is 16.7. The van der Waals surface area contributed by atoms with Crippen LogP contribution in [0, 0.1) is 0 Å². The highest BCUT2D eigenvalue weighted by Gasteiger charge is 2.32.